The molecule has 1 aliphatic heterocycles. The molecule has 4 aromatic heterocycles. The summed E-state index contributed by atoms with van der Waals surface area (Å²) in [6.45, 7) is -11.4. The topological polar surface area (TPSA) is 106 Å². The summed E-state index contributed by atoms with van der Waals surface area (Å²) < 4.78 is 87.7. The summed E-state index contributed by atoms with van der Waals surface area (Å²) in [6, 6.07) is 7.00. The number of piperazine rings is 1. The van der Waals surface area contributed by atoms with Crippen LogP contribution in [0.25, 0.3) is 16.6 Å². The molecule has 0 radical (unpaired) electrons. The number of aryl methyl sites for hydroxylation is 1. The fourth-order valence-electron chi connectivity index (χ4n) is 3.95. The molecule has 2 N–H and O–H groups in total. The number of rotatable bonds is 5. The van der Waals surface area contributed by atoms with Gasteiger partial charge in [0.05, 0.1) is 22.7 Å². The van der Waals surface area contributed by atoms with Gasteiger partial charge in [-0.25, -0.2) is 23.9 Å². The lowest BCUT2D eigenvalue weighted by Crippen LogP contribution is -2.47. The number of fused-ring (bicyclic) bond motifs is 1. The summed E-state index contributed by atoms with van der Waals surface area (Å²) in [6.07, 6.45) is 8.39. The fraction of sp³-hybridized carbons (Fsp3) is 0.269. The van der Waals surface area contributed by atoms with Gasteiger partial charge in [-0.05, 0) is 30.7 Å². The van der Waals surface area contributed by atoms with E-state index in [4.69, 9.17) is 16.7 Å². The van der Waals surface area contributed by atoms with Crippen LogP contribution >= 0.6 is 0 Å². The maximum absolute atomic E-state index is 13.5. The van der Waals surface area contributed by atoms with Crippen molar-refractivity contribution in [2.24, 2.45) is 12.8 Å². The van der Waals surface area contributed by atoms with E-state index in [9.17, 15) is 4.39 Å². The molecule has 6 rings (SSSR count). The molecule has 0 amide bonds. The van der Waals surface area contributed by atoms with Crippen molar-refractivity contribution >= 4 is 17.3 Å². The van der Waals surface area contributed by atoms with Gasteiger partial charge >= 0.3 is 0 Å². The largest absolute Gasteiger partial charge is 0.351 e. The lowest BCUT2D eigenvalue weighted by Gasteiger charge is -2.35. The first-order valence-corrected chi connectivity index (χ1v) is 11.2. The second kappa shape index (κ2) is 8.93. The van der Waals surface area contributed by atoms with Crippen LogP contribution in [0.1, 0.15) is 29.0 Å². The summed E-state index contributed by atoms with van der Waals surface area (Å²) >= 11 is 0. The molecule has 1 fully saturated rings. The Morgan fingerprint density at radius 3 is 2.27 bits per heavy atom. The summed E-state index contributed by atoms with van der Waals surface area (Å²) in [7, 11) is 1.73. The minimum absolute atomic E-state index is 0.104. The van der Waals surface area contributed by atoms with Gasteiger partial charge in [0.25, 0.3) is 0 Å². The molecule has 11 heteroatoms. The number of anilines is 2. The Balaban J connectivity index is 1.43. The SMILES string of the molecule is [2H]C1([2H])N(c2ncc(C(C)(N)c3ccc(F)cc3)cn2)C([2H])([2H])C([2H])([2H])N(c2ncnn3cc(-c4cnn(C)c4)cc23)C1([2H])[2H]. The highest BCUT2D eigenvalue weighted by atomic mass is 19.1. The molecule has 1 aliphatic rings. The third-order valence-corrected chi connectivity index (χ3v) is 6.06. The third kappa shape index (κ3) is 4.27. The molecular formula is C26H27FN10. The van der Waals surface area contributed by atoms with Crippen LogP contribution in [0.15, 0.2) is 67.6 Å². The van der Waals surface area contributed by atoms with Crippen LogP contribution in [0, 0.1) is 5.82 Å². The molecule has 1 unspecified atom stereocenters. The number of hydrogen-bond acceptors (Lipinski definition) is 8. The van der Waals surface area contributed by atoms with Gasteiger partial charge in [0.2, 0.25) is 5.95 Å². The molecule has 37 heavy (non-hydrogen) atoms. The van der Waals surface area contributed by atoms with E-state index in [0.717, 1.165) is 6.33 Å². The summed E-state index contributed by atoms with van der Waals surface area (Å²) in [5.41, 5.74) is 7.47. The Hall–Kier alpha value is -4.38. The van der Waals surface area contributed by atoms with E-state index < -0.39 is 43.3 Å². The number of benzene rings is 1. The van der Waals surface area contributed by atoms with E-state index in [2.05, 4.69) is 25.1 Å². The second-order valence-electron chi connectivity index (χ2n) is 8.64. The average molecular weight is 507 g/mol. The number of hydrogen-bond donors (Lipinski definition) is 1. The zero-order valence-corrected chi connectivity index (χ0v) is 19.8. The first-order chi connectivity index (χ1) is 20.9. The quantitative estimate of drug-likeness (QED) is 0.388. The Labute approximate surface area is 224 Å². The zero-order valence-electron chi connectivity index (χ0n) is 27.8. The van der Waals surface area contributed by atoms with Gasteiger partial charge < -0.3 is 15.5 Å². The van der Waals surface area contributed by atoms with Crippen LogP contribution in [-0.4, -0.2) is 60.3 Å². The van der Waals surface area contributed by atoms with E-state index in [1.54, 1.807) is 43.3 Å². The standard InChI is InChI=1S/C26H27FN10/c1-26(28,20-3-5-22(27)6-4-20)21-13-29-25(30-14-21)36-9-7-35(8-10-36)24-23-11-18(16-37(23)33-17-31-24)19-12-32-34(2)15-19/h3-6,11-17H,7-10,28H2,1-2H3/i7D2,8D2,9D2,10D2. The molecule has 188 valence electrons. The van der Waals surface area contributed by atoms with Gasteiger partial charge in [0.15, 0.2) is 5.82 Å². The molecule has 5 aromatic rings. The highest BCUT2D eigenvalue weighted by molar-refractivity contribution is 5.77. The molecule has 0 spiro atoms. The summed E-state index contributed by atoms with van der Waals surface area (Å²) in [4.78, 5) is 12.9. The van der Waals surface area contributed by atoms with E-state index in [0.29, 0.717) is 27.2 Å². The Bertz CT molecular complexity index is 1860. The lowest BCUT2D eigenvalue weighted by molar-refractivity contribution is 0.585. The van der Waals surface area contributed by atoms with E-state index in [1.807, 2.05) is 0 Å². The van der Waals surface area contributed by atoms with E-state index in [-0.39, 0.29) is 16.2 Å². The highest BCUT2D eigenvalue weighted by Crippen LogP contribution is 2.29. The van der Waals surface area contributed by atoms with Crippen molar-refractivity contribution in [1.29, 1.82) is 0 Å². The van der Waals surface area contributed by atoms with E-state index >= 15 is 0 Å². The van der Waals surface area contributed by atoms with Gasteiger partial charge in [-0.2, -0.15) is 10.2 Å². The van der Waals surface area contributed by atoms with Crippen molar-refractivity contribution in [3.8, 4) is 11.1 Å². The maximum Gasteiger partial charge on any atom is 0.225 e. The number of halogens is 1. The minimum atomic E-state index is -3.27. The molecule has 10 nitrogen and oxygen atoms in total. The van der Waals surface area contributed by atoms with Gasteiger partial charge in [-0.1, -0.05) is 12.1 Å². The molecule has 0 bridgehead atoms. The monoisotopic (exact) mass is 506 g/mol. The Kier molecular flexibility index (Phi) is 3.78. The van der Waals surface area contributed by atoms with Gasteiger partial charge in [-0.15, -0.1) is 0 Å². The zero-order chi connectivity index (χ0) is 32.7. The Morgan fingerprint density at radius 1 is 0.892 bits per heavy atom. The predicted molar refractivity (Wildman–Crippen MR) is 139 cm³/mol. The average Bonchev–Trinajstić information content (AvgIpc) is 3.59. The van der Waals surface area contributed by atoms with Gasteiger partial charge in [-0.3, -0.25) is 4.68 Å². The van der Waals surface area contributed by atoms with Crippen LogP contribution in [0.5, 0.6) is 0 Å². The third-order valence-electron chi connectivity index (χ3n) is 6.06. The van der Waals surface area contributed by atoms with Crippen molar-refractivity contribution < 1.29 is 15.4 Å². The highest BCUT2D eigenvalue weighted by Gasteiger charge is 2.26. The Morgan fingerprint density at radius 2 is 1.59 bits per heavy atom. The minimum Gasteiger partial charge on any atom is -0.351 e. The second-order valence-corrected chi connectivity index (χ2v) is 8.64. The van der Waals surface area contributed by atoms with Crippen molar-refractivity contribution in [3.05, 3.63) is 84.6 Å². The summed E-state index contributed by atoms with van der Waals surface area (Å²) in [5, 5.41) is 8.27. The number of aromatic nitrogens is 7. The fourth-order valence-corrected chi connectivity index (χ4v) is 3.95. The lowest BCUT2D eigenvalue weighted by atomic mass is 9.87. The molecule has 0 aliphatic carbocycles. The molecular weight excluding hydrogens is 471 g/mol. The predicted octanol–water partition coefficient (Wildman–Crippen LogP) is 2.61. The molecule has 1 atom stereocenters. The maximum atomic E-state index is 13.5. The van der Waals surface area contributed by atoms with Gasteiger partial charge in [0, 0.05) is 74.5 Å². The van der Waals surface area contributed by atoms with Crippen LogP contribution in [0.2, 0.25) is 0 Å². The van der Waals surface area contributed by atoms with Crippen molar-refractivity contribution in [2.45, 2.75) is 12.5 Å². The molecule has 0 saturated carbocycles. The smallest absolute Gasteiger partial charge is 0.225 e. The summed E-state index contributed by atoms with van der Waals surface area (Å²) in [5.74, 6) is -1.45. The van der Waals surface area contributed by atoms with Crippen molar-refractivity contribution in [1.82, 2.24) is 34.3 Å². The van der Waals surface area contributed by atoms with Crippen LogP contribution in [0.3, 0.4) is 0 Å². The number of nitrogens with two attached hydrogens (primary N) is 1. The van der Waals surface area contributed by atoms with Crippen molar-refractivity contribution in [2.75, 3.05) is 35.8 Å². The van der Waals surface area contributed by atoms with Gasteiger partial charge in [0.1, 0.15) is 17.7 Å². The first kappa shape index (κ1) is 15.7. The normalized spacial score (nSPS) is 24.4. The van der Waals surface area contributed by atoms with E-state index in [1.165, 1.54) is 41.2 Å². The van der Waals surface area contributed by atoms with Crippen LogP contribution in [-0.2, 0) is 12.6 Å². The molecule has 1 aromatic carbocycles. The van der Waals surface area contributed by atoms with Crippen molar-refractivity contribution in [3.63, 3.8) is 0 Å². The molecule has 1 saturated heterocycles. The van der Waals surface area contributed by atoms with Crippen LogP contribution in [0.4, 0.5) is 16.2 Å². The molecule has 5 heterocycles. The van der Waals surface area contributed by atoms with Crippen LogP contribution < -0.4 is 15.5 Å². The first-order valence-electron chi connectivity index (χ1n) is 15.2. The number of nitrogens with zero attached hydrogens (tertiary/aromatic N) is 9.